The van der Waals surface area contributed by atoms with Crippen molar-refractivity contribution in [1.82, 2.24) is 0 Å². The Balaban J connectivity index is 3.19. The molecule has 0 heterocycles. The maximum atomic E-state index is 8.14. The second-order valence-corrected chi connectivity index (χ2v) is 4.18. The average Bonchev–Trinajstić information content (AvgIpc) is 2.42. The predicted octanol–water partition coefficient (Wildman–Crippen LogP) is 3.94. The molecule has 3 nitrogen and oxygen atoms in total. The van der Waals surface area contributed by atoms with Gasteiger partial charge in [-0.3, -0.25) is 5.41 Å². The Morgan fingerprint density at radius 1 is 1.26 bits per heavy atom. The molecule has 100 valence electrons. The summed E-state index contributed by atoms with van der Waals surface area (Å²) in [6, 6.07) is 5.26. The van der Waals surface area contributed by atoms with Crippen LogP contribution in [0.2, 0.25) is 0 Å². The Bertz CT molecular complexity index is 547. The second-order valence-electron chi connectivity index (χ2n) is 3.70. The van der Waals surface area contributed by atoms with Crippen molar-refractivity contribution in [1.29, 1.82) is 5.41 Å². The van der Waals surface area contributed by atoms with Crippen LogP contribution in [-0.2, 0) is 0 Å². The van der Waals surface area contributed by atoms with Gasteiger partial charge >= 0.3 is 0 Å². The summed E-state index contributed by atoms with van der Waals surface area (Å²) in [5.41, 5.74) is 1.56. The van der Waals surface area contributed by atoms with E-state index in [2.05, 4.69) is 13.2 Å². The fourth-order valence-electron chi connectivity index (χ4n) is 1.56. The highest BCUT2D eigenvalue weighted by molar-refractivity contribution is 6.31. The minimum Gasteiger partial charge on any atom is -0.493 e. The van der Waals surface area contributed by atoms with Gasteiger partial charge in [0.05, 0.1) is 19.9 Å². The zero-order chi connectivity index (χ0) is 14.4. The van der Waals surface area contributed by atoms with Crippen LogP contribution in [0.1, 0.15) is 5.56 Å². The molecule has 0 radical (unpaired) electrons. The zero-order valence-corrected chi connectivity index (χ0v) is 11.8. The van der Waals surface area contributed by atoms with Gasteiger partial charge in [0.25, 0.3) is 0 Å². The van der Waals surface area contributed by atoms with E-state index in [-0.39, 0.29) is 5.71 Å². The fourth-order valence-corrected chi connectivity index (χ4v) is 1.68. The molecule has 0 aliphatic heterocycles. The highest BCUT2D eigenvalue weighted by Crippen LogP contribution is 2.28. The lowest BCUT2D eigenvalue weighted by molar-refractivity contribution is 0.355. The second kappa shape index (κ2) is 6.81. The summed E-state index contributed by atoms with van der Waals surface area (Å²) in [5.74, 6) is 1.18. The number of methoxy groups -OCH3 is 2. The molecule has 0 bridgehead atoms. The number of ether oxygens (including phenoxy) is 2. The molecule has 0 atom stereocenters. The van der Waals surface area contributed by atoms with Crippen LogP contribution in [-0.4, -0.2) is 19.9 Å². The molecule has 4 heteroatoms. The average molecular weight is 278 g/mol. The number of hydrogen-bond acceptors (Lipinski definition) is 3. The summed E-state index contributed by atoms with van der Waals surface area (Å²) in [7, 11) is 3.12. The molecule has 0 unspecified atom stereocenters. The van der Waals surface area contributed by atoms with E-state index in [1.165, 1.54) is 0 Å². The van der Waals surface area contributed by atoms with Gasteiger partial charge in [-0.2, -0.15) is 0 Å². The van der Waals surface area contributed by atoms with E-state index in [0.717, 1.165) is 0 Å². The molecule has 1 N–H and O–H groups in total. The molecule has 0 fully saturated rings. The monoisotopic (exact) mass is 277 g/mol. The zero-order valence-electron chi connectivity index (χ0n) is 11.0. The highest BCUT2D eigenvalue weighted by atomic mass is 35.5. The third-order valence-corrected chi connectivity index (χ3v) is 2.60. The minimum atomic E-state index is 0.290. The summed E-state index contributed by atoms with van der Waals surface area (Å²) < 4.78 is 10.4. The number of rotatable bonds is 6. The summed E-state index contributed by atoms with van der Waals surface area (Å²) in [5, 5.41) is 8.49. The molecule has 0 saturated heterocycles. The predicted molar refractivity (Wildman–Crippen MR) is 79.6 cm³/mol. The van der Waals surface area contributed by atoms with Crippen LogP contribution in [0.15, 0.2) is 54.1 Å². The van der Waals surface area contributed by atoms with Gasteiger partial charge in [0.1, 0.15) is 0 Å². The number of benzene rings is 1. The number of hydrogen-bond donors (Lipinski definition) is 1. The van der Waals surface area contributed by atoms with E-state index < -0.39 is 0 Å². The van der Waals surface area contributed by atoms with Gasteiger partial charge in [0.2, 0.25) is 0 Å². The maximum Gasteiger partial charge on any atom is 0.161 e. The largest absolute Gasteiger partial charge is 0.493 e. The molecule has 19 heavy (non-hydrogen) atoms. The summed E-state index contributed by atoms with van der Waals surface area (Å²) in [6.45, 7) is 7.25. The third kappa shape index (κ3) is 3.73. The number of halogens is 1. The topological polar surface area (TPSA) is 42.3 Å². The Hall–Kier alpha value is -2.00. The lowest BCUT2D eigenvalue weighted by atomic mass is 10.0. The molecule has 0 aromatic heterocycles. The van der Waals surface area contributed by atoms with Crippen LogP contribution in [0.25, 0.3) is 0 Å². The van der Waals surface area contributed by atoms with Gasteiger partial charge in [-0.05, 0) is 24.3 Å². The Morgan fingerprint density at radius 2 is 1.89 bits per heavy atom. The van der Waals surface area contributed by atoms with E-state index in [0.29, 0.717) is 27.7 Å². The van der Waals surface area contributed by atoms with Gasteiger partial charge in [0, 0.05) is 16.2 Å². The molecule has 0 saturated carbocycles. The Morgan fingerprint density at radius 3 is 2.37 bits per heavy atom. The lowest BCUT2D eigenvalue weighted by Crippen LogP contribution is -2.03. The lowest BCUT2D eigenvalue weighted by Gasteiger charge is -2.11. The molecular formula is C15H16ClNO2. The van der Waals surface area contributed by atoms with Crippen molar-refractivity contribution in [2.45, 2.75) is 0 Å². The van der Waals surface area contributed by atoms with Crippen LogP contribution in [0.5, 0.6) is 11.5 Å². The first kappa shape index (κ1) is 15.1. The van der Waals surface area contributed by atoms with Crippen molar-refractivity contribution in [3.8, 4) is 11.5 Å². The van der Waals surface area contributed by atoms with Gasteiger partial charge in [0.15, 0.2) is 11.5 Å². The molecule has 1 aromatic carbocycles. The Labute approximate surface area is 118 Å². The first-order chi connectivity index (χ1) is 9.03. The van der Waals surface area contributed by atoms with E-state index in [1.807, 2.05) is 0 Å². The van der Waals surface area contributed by atoms with Crippen molar-refractivity contribution < 1.29 is 9.47 Å². The van der Waals surface area contributed by atoms with Crippen LogP contribution < -0.4 is 9.47 Å². The number of nitrogens with one attached hydrogen (secondary N) is 1. The van der Waals surface area contributed by atoms with Crippen molar-refractivity contribution in [3.63, 3.8) is 0 Å². The number of allylic oxidation sites excluding steroid dienone is 4. The van der Waals surface area contributed by atoms with Gasteiger partial charge in [-0.25, -0.2) is 0 Å². The van der Waals surface area contributed by atoms with E-state index in [1.54, 1.807) is 44.6 Å². The van der Waals surface area contributed by atoms with E-state index in [4.69, 9.17) is 26.5 Å². The van der Waals surface area contributed by atoms with Crippen LogP contribution >= 0.6 is 11.6 Å². The molecule has 1 aromatic rings. The third-order valence-electron chi connectivity index (χ3n) is 2.49. The Kier molecular flexibility index (Phi) is 5.39. The molecule has 0 amide bonds. The smallest absolute Gasteiger partial charge is 0.161 e. The molecular weight excluding hydrogens is 262 g/mol. The van der Waals surface area contributed by atoms with Gasteiger partial charge in [-0.15, -0.1) is 0 Å². The van der Waals surface area contributed by atoms with Crippen molar-refractivity contribution in [2.75, 3.05) is 14.2 Å². The normalized spacial score (nSPS) is 10.8. The summed E-state index contributed by atoms with van der Waals surface area (Å²) in [6.07, 6.45) is 3.15. The standard InChI is InChI=1S/C15H16ClNO2/c1-5-11(8-10(2)16)15(17)12-6-7-13(18-3)14(9-12)19-4/h5-9,17H,1-2H2,3-4H3/b11-8+,17-15?. The van der Waals surface area contributed by atoms with Gasteiger partial charge in [-0.1, -0.05) is 30.8 Å². The quantitative estimate of drug-likeness (QED) is 0.632. The summed E-state index contributed by atoms with van der Waals surface area (Å²) >= 11 is 5.73. The van der Waals surface area contributed by atoms with E-state index in [9.17, 15) is 0 Å². The fraction of sp³-hybridized carbons (Fsp3) is 0.133. The maximum absolute atomic E-state index is 8.14. The summed E-state index contributed by atoms with van der Waals surface area (Å²) in [4.78, 5) is 0. The van der Waals surface area contributed by atoms with E-state index >= 15 is 0 Å². The minimum absolute atomic E-state index is 0.290. The molecule has 0 spiro atoms. The molecule has 0 aliphatic carbocycles. The van der Waals surface area contributed by atoms with Crippen LogP contribution in [0.4, 0.5) is 0 Å². The first-order valence-corrected chi connectivity index (χ1v) is 5.91. The SMILES string of the molecule is C=C/C(=C\C(=C)Cl)C(=N)c1ccc(OC)c(OC)c1. The van der Waals surface area contributed by atoms with Crippen LogP contribution in [0.3, 0.4) is 0 Å². The van der Waals surface area contributed by atoms with Crippen molar-refractivity contribution in [2.24, 2.45) is 0 Å². The highest BCUT2D eigenvalue weighted by Gasteiger charge is 2.10. The molecule has 0 aliphatic rings. The van der Waals surface area contributed by atoms with Crippen LogP contribution in [0, 0.1) is 5.41 Å². The first-order valence-electron chi connectivity index (χ1n) is 5.53. The van der Waals surface area contributed by atoms with Crippen molar-refractivity contribution in [3.05, 3.63) is 59.7 Å². The van der Waals surface area contributed by atoms with Gasteiger partial charge < -0.3 is 9.47 Å². The molecule has 1 rings (SSSR count). The van der Waals surface area contributed by atoms with Crippen molar-refractivity contribution >= 4 is 17.3 Å².